The zero-order chi connectivity index (χ0) is 19.5. The number of halogens is 1. The fourth-order valence-corrected chi connectivity index (χ4v) is 3.37. The van der Waals surface area contributed by atoms with Crippen LogP contribution in [0, 0.1) is 0 Å². The third-order valence-electron chi connectivity index (χ3n) is 3.44. The minimum atomic E-state index is -3.96. The van der Waals surface area contributed by atoms with Gasteiger partial charge in [-0.1, -0.05) is 11.6 Å². The Hall–Kier alpha value is -2.58. The van der Waals surface area contributed by atoms with E-state index in [1.807, 2.05) is 0 Å². The number of hydrogen-bond donors (Lipinski definition) is 1. The van der Waals surface area contributed by atoms with E-state index in [1.165, 1.54) is 48.4 Å². The molecule has 7 nitrogen and oxygen atoms in total. The maximum absolute atomic E-state index is 12.5. The summed E-state index contributed by atoms with van der Waals surface area (Å²) in [5.41, 5.74) is 0.649. The summed E-state index contributed by atoms with van der Waals surface area (Å²) < 4.78 is 32.0. The molecule has 0 aromatic heterocycles. The summed E-state index contributed by atoms with van der Waals surface area (Å²) in [6.45, 7) is 0. The summed E-state index contributed by atoms with van der Waals surface area (Å²) in [6.07, 6.45) is 0. The molecule has 1 amide bonds. The van der Waals surface area contributed by atoms with Crippen LogP contribution in [-0.2, 0) is 14.8 Å². The standard InChI is InChI=1S/C17H17ClN2O5S/c1-20(2)16(21)11-4-6-12(7-5-11)19-26(23,24)13-8-9-15(18)14(10-13)17(22)25-3/h4-10,19H,1-3H3. The van der Waals surface area contributed by atoms with Gasteiger partial charge in [0.05, 0.1) is 22.6 Å². The molecule has 0 aliphatic carbocycles. The van der Waals surface area contributed by atoms with E-state index < -0.39 is 16.0 Å². The predicted octanol–water partition coefficient (Wildman–Crippen LogP) is 2.63. The zero-order valence-electron chi connectivity index (χ0n) is 14.3. The van der Waals surface area contributed by atoms with Crippen LogP contribution < -0.4 is 4.72 Å². The number of nitrogens with zero attached hydrogens (tertiary/aromatic N) is 1. The van der Waals surface area contributed by atoms with E-state index in [-0.39, 0.29) is 27.1 Å². The Balaban J connectivity index is 2.29. The molecule has 2 rings (SSSR count). The molecular formula is C17H17ClN2O5S. The van der Waals surface area contributed by atoms with E-state index >= 15 is 0 Å². The Kier molecular flexibility index (Phi) is 5.89. The highest BCUT2D eigenvalue weighted by molar-refractivity contribution is 7.92. The first-order valence-corrected chi connectivity index (χ1v) is 9.24. The summed E-state index contributed by atoms with van der Waals surface area (Å²) in [7, 11) is 0.467. The van der Waals surface area contributed by atoms with Crippen LogP contribution in [0.1, 0.15) is 20.7 Å². The van der Waals surface area contributed by atoms with Crippen LogP contribution in [0.4, 0.5) is 5.69 Å². The van der Waals surface area contributed by atoms with E-state index in [0.29, 0.717) is 5.56 Å². The van der Waals surface area contributed by atoms with Gasteiger partial charge < -0.3 is 9.64 Å². The fraction of sp³-hybridized carbons (Fsp3) is 0.176. The molecular weight excluding hydrogens is 380 g/mol. The summed E-state index contributed by atoms with van der Waals surface area (Å²) >= 11 is 5.90. The Morgan fingerprint density at radius 3 is 2.23 bits per heavy atom. The molecule has 0 fully saturated rings. The zero-order valence-corrected chi connectivity index (χ0v) is 15.9. The van der Waals surface area contributed by atoms with Crippen molar-refractivity contribution < 1.29 is 22.7 Å². The molecule has 2 aromatic rings. The van der Waals surface area contributed by atoms with Crippen LogP contribution in [0.2, 0.25) is 5.02 Å². The lowest BCUT2D eigenvalue weighted by Crippen LogP contribution is -2.21. The monoisotopic (exact) mass is 396 g/mol. The number of esters is 1. The largest absolute Gasteiger partial charge is 0.465 e. The van der Waals surface area contributed by atoms with Gasteiger partial charge in [0.15, 0.2) is 0 Å². The van der Waals surface area contributed by atoms with Crippen LogP contribution in [0.15, 0.2) is 47.4 Å². The molecule has 0 unspecified atom stereocenters. The molecule has 0 aliphatic heterocycles. The van der Waals surface area contributed by atoms with Gasteiger partial charge in [-0.15, -0.1) is 0 Å². The molecule has 2 aromatic carbocycles. The van der Waals surface area contributed by atoms with E-state index in [9.17, 15) is 18.0 Å². The lowest BCUT2D eigenvalue weighted by atomic mass is 10.2. The van der Waals surface area contributed by atoms with E-state index in [1.54, 1.807) is 14.1 Å². The third kappa shape index (κ3) is 4.33. The van der Waals surface area contributed by atoms with Gasteiger partial charge in [-0.2, -0.15) is 0 Å². The predicted molar refractivity (Wildman–Crippen MR) is 98.1 cm³/mol. The minimum Gasteiger partial charge on any atom is -0.465 e. The number of sulfonamides is 1. The quantitative estimate of drug-likeness (QED) is 0.784. The van der Waals surface area contributed by atoms with E-state index in [4.69, 9.17) is 11.6 Å². The summed E-state index contributed by atoms with van der Waals surface area (Å²) in [6, 6.07) is 9.71. The van der Waals surface area contributed by atoms with Crippen molar-refractivity contribution in [2.45, 2.75) is 4.90 Å². The second-order valence-corrected chi connectivity index (χ2v) is 7.61. The number of ether oxygens (including phenoxy) is 1. The maximum atomic E-state index is 12.5. The van der Waals surface area contributed by atoms with Gasteiger partial charge in [0.25, 0.3) is 15.9 Å². The number of rotatable bonds is 5. The first-order chi connectivity index (χ1) is 12.2. The van der Waals surface area contributed by atoms with Crippen molar-refractivity contribution in [3.05, 3.63) is 58.6 Å². The van der Waals surface area contributed by atoms with E-state index in [0.717, 1.165) is 6.07 Å². The van der Waals surface area contributed by atoms with Gasteiger partial charge in [-0.05, 0) is 42.5 Å². The van der Waals surface area contributed by atoms with Crippen LogP contribution in [0.3, 0.4) is 0 Å². The number of carbonyl (C=O) groups is 2. The summed E-state index contributed by atoms with van der Waals surface area (Å²) in [5.74, 6) is -0.932. The Morgan fingerprint density at radius 1 is 1.08 bits per heavy atom. The first-order valence-electron chi connectivity index (χ1n) is 7.38. The molecule has 138 valence electrons. The molecule has 1 N–H and O–H groups in total. The van der Waals surface area contributed by atoms with Gasteiger partial charge in [0.2, 0.25) is 0 Å². The summed E-state index contributed by atoms with van der Waals surface area (Å²) in [4.78, 5) is 24.8. The fourth-order valence-electron chi connectivity index (χ4n) is 2.09. The number of carbonyl (C=O) groups excluding carboxylic acids is 2. The highest BCUT2D eigenvalue weighted by Gasteiger charge is 2.19. The van der Waals surface area contributed by atoms with Crippen LogP contribution >= 0.6 is 11.6 Å². The van der Waals surface area contributed by atoms with Crippen molar-refractivity contribution in [2.24, 2.45) is 0 Å². The van der Waals surface area contributed by atoms with Crippen LogP contribution in [0.5, 0.6) is 0 Å². The average molecular weight is 397 g/mol. The maximum Gasteiger partial charge on any atom is 0.339 e. The third-order valence-corrected chi connectivity index (χ3v) is 5.15. The molecule has 26 heavy (non-hydrogen) atoms. The molecule has 0 saturated carbocycles. The van der Waals surface area contributed by atoms with Crippen molar-refractivity contribution in [1.29, 1.82) is 0 Å². The van der Waals surface area contributed by atoms with Crippen molar-refractivity contribution >= 4 is 39.2 Å². The second kappa shape index (κ2) is 7.76. The van der Waals surface area contributed by atoms with Crippen LogP contribution in [0.25, 0.3) is 0 Å². The number of methoxy groups -OCH3 is 1. The normalized spacial score (nSPS) is 10.9. The van der Waals surface area contributed by atoms with Gasteiger partial charge in [-0.25, -0.2) is 13.2 Å². The number of anilines is 1. The molecule has 0 radical (unpaired) electrons. The Morgan fingerprint density at radius 2 is 1.69 bits per heavy atom. The van der Waals surface area contributed by atoms with Crippen molar-refractivity contribution in [3.63, 3.8) is 0 Å². The lowest BCUT2D eigenvalue weighted by Gasteiger charge is -2.12. The van der Waals surface area contributed by atoms with Gasteiger partial charge in [0.1, 0.15) is 0 Å². The highest BCUT2D eigenvalue weighted by atomic mass is 35.5. The molecule has 0 saturated heterocycles. The first kappa shape index (κ1) is 19.7. The molecule has 0 bridgehead atoms. The molecule has 9 heteroatoms. The van der Waals surface area contributed by atoms with Gasteiger partial charge >= 0.3 is 5.97 Å². The number of benzene rings is 2. The summed E-state index contributed by atoms with van der Waals surface area (Å²) in [5, 5.41) is 0.0855. The Bertz CT molecular complexity index is 940. The smallest absolute Gasteiger partial charge is 0.339 e. The topological polar surface area (TPSA) is 92.8 Å². The number of amides is 1. The minimum absolute atomic E-state index is 0.0519. The molecule has 0 heterocycles. The van der Waals surface area contributed by atoms with Gasteiger partial charge in [-0.3, -0.25) is 9.52 Å². The average Bonchev–Trinajstić information content (AvgIpc) is 2.60. The van der Waals surface area contributed by atoms with Crippen molar-refractivity contribution in [2.75, 3.05) is 25.9 Å². The van der Waals surface area contributed by atoms with Crippen molar-refractivity contribution in [3.8, 4) is 0 Å². The molecule has 0 aliphatic rings. The highest BCUT2D eigenvalue weighted by Crippen LogP contribution is 2.23. The molecule has 0 spiro atoms. The SMILES string of the molecule is COC(=O)c1cc(S(=O)(=O)Nc2ccc(C(=O)N(C)C)cc2)ccc1Cl. The van der Waals surface area contributed by atoms with Crippen LogP contribution in [-0.4, -0.2) is 46.4 Å². The van der Waals surface area contributed by atoms with Gasteiger partial charge in [0, 0.05) is 25.3 Å². The number of nitrogens with one attached hydrogen (secondary N) is 1. The van der Waals surface area contributed by atoms with E-state index in [2.05, 4.69) is 9.46 Å². The Labute approximate surface area is 156 Å². The number of hydrogen-bond acceptors (Lipinski definition) is 5. The second-order valence-electron chi connectivity index (χ2n) is 5.52. The van der Waals surface area contributed by atoms with Crippen molar-refractivity contribution in [1.82, 2.24) is 4.90 Å². The lowest BCUT2D eigenvalue weighted by molar-refractivity contribution is 0.0600. The molecule has 0 atom stereocenters.